The van der Waals surface area contributed by atoms with Crippen molar-refractivity contribution < 1.29 is 18.9 Å². The van der Waals surface area contributed by atoms with Crippen LogP contribution in [-0.2, 0) is 18.9 Å². The minimum Gasteiger partial charge on any atom is -0.353 e. The van der Waals surface area contributed by atoms with Gasteiger partial charge in [-0.3, -0.25) is 4.90 Å². The summed E-state index contributed by atoms with van der Waals surface area (Å²) in [4.78, 5) is 2.18. The van der Waals surface area contributed by atoms with E-state index in [1.54, 1.807) is 7.11 Å². The predicted octanol–water partition coefficient (Wildman–Crippen LogP) is 1.66. The van der Waals surface area contributed by atoms with Gasteiger partial charge in [0.05, 0.1) is 0 Å². The van der Waals surface area contributed by atoms with Gasteiger partial charge in [0.25, 0.3) is 0 Å². The summed E-state index contributed by atoms with van der Waals surface area (Å²) in [5, 5.41) is 0. The van der Waals surface area contributed by atoms with Crippen LogP contribution < -0.4 is 0 Å². The first-order valence-electron chi connectivity index (χ1n) is 6.89. The highest BCUT2D eigenvalue weighted by molar-refractivity contribution is 6.18. The molecule has 2 fully saturated rings. The van der Waals surface area contributed by atoms with Gasteiger partial charge in [-0.2, -0.15) is 0 Å². The molecule has 118 valence electrons. The molecule has 0 saturated carbocycles. The number of methoxy groups -OCH3 is 1. The third-order valence-corrected chi connectivity index (χ3v) is 3.92. The van der Waals surface area contributed by atoms with Gasteiger partial charge in [0.2, 0.25) is 0 Å². The van der Waals surface area contributed by atoms with Crippen molar-refractivity contribution in [1.82, 2.24) is 4.90 Å². The number of halogens is 2. The summed E-state index contributed by atoms with van der Waals surface area (Å²) in [6.07, 6.45) is -0.796. The highest BCUT2D eigenvalue weighted by Gasteiger charge is 2.55. The van der Waals surface area contributed by atoms with Crippen LogP contribution in [0.2, 0.25) is 0 Å². The average Bonchev–Trinajstić information content (AvgIpc) is 2.84. The summed E-state index contributed by atoms with van der Waals surface area (Å²) in [7, 11) is 1.62. The lowest BCUT2D eigenvalue weighted by atomic mass is 10.1. The van der Waals surface area contributed by atoms with Crippen molar-refractivity contribution in [3.05, 3.63) is 0 Å². The van der Waals surface area contributed by atoms with Crippen LogP contribution in [0, 0.1) is 0 Å². The monoisotopic (exact) mass is 327 g/mol. The second-order valence-electron chi connectivity index (χ2n) is 5.52. The highest BCUT2D eigenvalue weighted by Crippen LogP contribution is 2.39. The van der Waals surface area contributed by atoms with E-state index in [-0.39, 0.29) is 24.6 Å². The summed E-state index contributed by atoms with van der Waals surface area (Å²) < 4.78 is 23.1. The largest absolute Gasteiger partial charge is 0.353 e. The van der Waals surface area contributed by atoms with Crippen LogP contribution in [0.4, 0.5) is 0 Å². The lowest BCUT2D eigenvalue weighted by Crippen LogP contribution is -2.41. The molecule has 0 spiro atoms. The van der Waals surface area contributed by atoms with Gasteiger partial charge in [-0.25, -0.2) is 0 Å². The number of ether oxygens (including phenoxy) is 4. The molecule has 2 saturated heterocycles. The average molecular weight is 328 g/mol. The molecule has 4 unspecified atom stereocenters. The molecule has 0 N–H and O–H groups in total. The minimum absolute atomic E-state index is 0.0989. The van der Waals surface area contributed by atoms with Gasteiger partial charge in [-0.05, 0) is 13.8 Å². The number of rotatable bonds is 7. The van der Waals surface area contributed by atoms with Gasteiger partial charge >= 0.3 is 0 Å². The molecule has 2 rings (SSSR count). The Morgan fingerprint density at radius 1 is 1.10 bits per heavy atom. The van der Waals surface area contributed by atoms with Crippen LogP contribution >= 0.6 is 23.2 Å². The van der Waals surface area contributed by atoms with E-state index in [4.69, 9.17) is 42.1 Å². The standard InChI is InChI=1S/C13H23Cl2NO4/c1-13(2)19-10-9(8-16(6-4-14)7-5-15)18-12(17-3)11(10)20-13/h9-12H,4-8H2,1-3H3. The lowest BCUT2D eigenvalue weighted by molar-refractivity contribution is -0.228. The van der Waals surface area contributed by atoms with Crippen molar-refractivity contribution >= 4 is 23.2 Å². The summed E-state index contributed by atoms with van der Waals surface area (Å²) >= 11 is 11.6. The fraction of sp³-hybridized carbons (Fsp3) is 1.00. The topological polar surface area (TPSA) is 40.2 Å². The van der Waals surface area contributed by atoms with Crippen LogP contribution in [0.1, 0.15) is 13.8 Å². The maximum Gasteiger partial charge on any atom is 0.186 e. The zero-order chi connectivity index (χ0) is 14.8. The van der Waals surface area contributed by atoms with E-state index in [0.717, 1.165) is 13.1 Å². The van der Waals surface area contributed by atoms with E-state index in [9.17, 15) is 0 Å². The number of hydrogen-bond donors (Lipinski definition) is 0. The normalized spacial score (nSPS) is 35.7. The van der Waals surface area contributed by atoms with Crippen molar-refractivity contribution in [2.45, 2.75) is 44.2 Å². The van der Waals surface area contributed by atoms with Crippen molar-refractivity contribution in [3.63, 3.8) is 0 Å². The molecule has 2 aliphatic heterocycles. The van der Waals surface area contributed by atoms with Crippen molar-refractivity contribution in [2.75, 3.05) is 38.5 Å². The van der Waals surface area contributed by atoms with Crippen molar-refractivity contribution in [2.24, 2.45) is 0 Å². The number of fused-ring (bicyclic) bond motifs is 1. The molecular weight excluding hydrogens is 305 g/mol. The molecule has 4 atom stereocenters. The summed E-state index contributed by atoms with van der Waals surface area (Å²) in [5.74, 6) is 0.528. The molecule has 7 heteroatoms. The van der Waals surface area contributed by atoms with Gasteiger partial charge in [0, 0.05) is 38.5 Å². The Morgan fingerprint density at radius 2 is 1.70 bits per heavy atom. The SMILES string of the molecule is COC1OC(CN(CCCl)CCCl)C2OC(C)(C)OC12. The van der Waals surface area contributed by atoms with Crippen LogP contribution in [-0.4, -0.2) is 73.8 Å². The van der Waals surface area contributed by atoms with Gasteiger partial charge in [-0.15, -0.1) is 23.2 Å². The van der Waals surface area contributed by atoms with E-state index >= 15 is 0 Å². The highest BCUT2D eigenvalue weighted by atomic mass is 35.5. The molecular formula is C13H23Cl2NO4. The third kappa shape index (κ3) is 3.77. The predicted molar refractivity (Wildman–Crippen MR) is 77.4 cm³/mol. The lowest BCUT2D eigenvalue weighted by Gasteiger charge is -2.27. The minimum atomic E-state index is -0.599. The molecule has 0 bridgehead atoms. The number of nitrogens with zero attached hydrogens (tertiary/aromatic N) is 1. The molecule has 0 radical (unpaired) electrons. The first kappa shape index (κ1) is 16.7. The third-order valence-electron chi connectivity index (χ3n) is 3.58. The number of alkyl halides is 2. The van der Waals surface area contributed by atoms with Crippen LogP contribution in [0.25, 0.3) is 0 Å². The molecule has 2 aliphatic rings. The van der Waals surface area contributed by atoms with E-state index in [1.165, 1.54) is 0 Å². The zero-order valence-electron chi connectivity index (χ0n) is 12.2. The Morgan fingerprint density at radius 3 is 2.25 bits per heavy atom. The Kier molecular flexibility index (Phi) is 5.94. The molecule has 0 aliphatic carbocycles. The second kappa shape index (κ2) is 7.09. The van der Waals surface area contributed by atoms with E-state index < -0.39 is 5.79 Å². The molecule has 0 aromatic rings. The molecule has 0 amide bonds. The van der Waals surface area contributed by atoms with Crippen LogP contribution in [0.5, 0.6) is 0 Å². The van der Waals surface area contributed by atoms with Crippen molar-refractivity contribution in [3.8, 4) is 0 Å². The zero-order valence-corrected chi connectivity index (χ0v) is 13.7. The van der Waals surface area contributed by atoms with Crippen LogP contribution in [0.15, 0.2) is 0 Å². The van der Waals surface area contributed by atoms with Crippen LogP contribution in [0.3, 0.4) is 0 Å². The van der Waals surface area contributed by atoms with Gasteiger partial charge in [0.15, 0.2) is 12.1 Å². The Labute approximate surface area is 130 Å². The van der Waals surface area contributed by atoms with Gasteiger partial charge in [-0.1, -0.05) is 0 Å². The molecule has 0 aromatic heterocycles. The number of hydrogen-bond acceptors (Lipinski definition) is 5. The van der Waals surface area contributed by atoms with Crippen molar-refractivity contribution in [1.29, 1.82) is 0 Å². The maximum absolute atomic E-state index is 5.95. The van der Waals surface area contributed by atoms with Gasteiger partial charge < -0.3 is 18.9 Å². The summed E-state index contributed by atoms with van der Waals surface area (Å²) in [6, 6.07) is 0. The maximum atomic E-state index is 5.95. The fourth-order valence-corrected chi connectivity index (χ4v) is 3.24. The molecule has 20 heavy (non-hydrogen) atoms. The fourth-order valence-electron chi connectivity index (χ4n) is 2.77. The first-order chi connectivity index (χ1) is 9.50. The van der Waals surface area contributed by atoms with E-state index in [2.05, 4.69) is 4.90 Å². The molecule has 5 nitrogen and oxygen atoms in total. The first-order valence-corrected chi connectivity index (χ1v) is 7.96. The van der Waals surface area contributed by atoms with E-state index in [1.807, 2.05) is 13.8 Å². The Hall–Kier alpha value is 0.380. The molecule has 0 aromatic carbocycles. The molecule has 2 heterocycles. The van der Waals surface area contributed by atoms with Gasteiger partial charge in [0.1, 0.15) is 18.3 Å². The quantitative estimate of drug-likeness (QED) is 0.665. The smallest absolute Gasteiger partial charge is 0.186 e. The Balaban J connectivity index is 2.00. The second-order valence-corrected chi connectivity index (χ2v) is 6.28. The van der Waals surface area contributed by atoms with E-state index in [0.29, 0.717) is 18.3 Å². The summed E-state index contributed by atoms with van der Waals surface area (Å²) in [5.41, 5.74) is 0. The Bertz CT molecular complexity index is 313. The summed E-state index contributed by atoms with van der Waals surface area (Å²) in [6.45, 7) is 6.07.